The number of rotatable bonds is 6. The molecule has 0 amide bonds. The van der Waals surface area contributed by atoms with Crippen LogP contribution in [-0.2, 0) is 0 Å². The molecule has 7 heteroatoms. The van der Waals surface area contributed by atoms with E-state index in [1.807, 2.05) is 31.4 Å². The molecule has 0 aliphatic rings. The highest BCUT2D eigenvalue weighted by Crippen LogP contribution is 2.36. The Morgan fingerprint density at radius 3 is 2.90 bits per heavy atom. The van der Waals surface area contributed by atoms with Crippen molar-refractivity contribution >= 4 is 38.6 Å². The Balaban J connectivity index is 2.14. The van der Waals surface area contributed by atoms with E-state index in [0.29, 0.717) is 18.1 Å². The Bertz CT molecular complexity index is 643. The normalized spacial score (nSPS) is 10.9. The van der Waals surface area contributed by atoms with Crippen LogP contribution in [0, 0.1) is 6.92 Å². The van der Waals surface area contributed by atoms with E-state index in [-0.39, 0.29) is 0 Å². The van der Waals surface area contributed by atoms with Gasteiger partial charge in [-0.25, -0.2) is 4.98 Å². The smallest absolute Gasteiger partial charge is 0.203 e. The van der Waals surface area contributed by atoms with Gasteiger partial charge >= 0.3 is 0 Å². The maximum absolute atomic E-state index is 5.55. The number of benzene rings is 1. The lowest BCUT2D eigenvalue weighted by Crippen LogP contribution is -1.98. The summed E-state index contributed by atoms with van der Waals surface area (Å²) in [5.41, 5.74) is 4.77. The first kappa shape index (κ1) is 15.8. The van der Waals surface area contributed by atoms with Crippen molar-refractivity contribution in [1.29, 1.82) is 0 Å². The molecule has 1 aromatic heterocycles. The maximum Gasteiger partial charge on any atom is 0.203 e. The molecule has 2 rings (SSSR count). The van der Waals surface area contributed by atoms with Crippen molar-refractivity contribution in [3.8, 4) is 11.5 Å². The molecule has 1 N–H and O–H groups in total. The lowest BCUT2D eigenvalue weighted by atomic mass is 10.2. The number of halogens is 1. The fraction of sp³-hybridized carbons (Fsp3) is 0.286. The van der Waals surface area contributed by atoms with Gasteiger partial charge in [0.05, 0.1) is 30.1 Å². The van der Waals surface area contributed by atoms with Crippen molar-refractivity contribution in [2.24, 2.45) is 5.10 Å². The third-order valence-electron chi connectivity index (χ3n) is 2.53. The number of aromatic nitrogens is 1. The molecule has 0 unspecified atom stereocenters. The van der Waals surface area contributed by atoms with Gasteiger partial charge in [-0.2, -0.15) is 5.10 Å². The van der Waals surface area contributed by atoms with Gasteiger partial charge in [-0.05, 0) is 47.5 Å². The predicted molar refractivity (Wildman–Crippen MR) is 89.9 cm³/mol. The van der Waals surface area contributed by atoms with Crippen molar-refractivity contribution in [3.05, 3.63) is 33.2 Å². The van der Waals surface area contributed by atoms with Crippen LogP contribution in [0.4, 0.5) is 5.13 Å². The molecule has 21 heavy (non-hydrogen) atoms. The van der Waals surface area contributed by atoms with Gasteiger partial charge in [0.1, 0.15) is 0 Å². The van der Waals surface area contributed by atoms with Crippen LogP contribution in [0.3, 0.4) is 0 Å². The summed E-state index contributed by atoms with van der Waals surface area (Å²) < 4.78 is 11.7. The number of nitrogens with one attached hydrogen (secondary N) is 1. The number of methoxy groups -OCH3 is 1. The first-order chi connectivity index (χ1) is 10.1. The quantitative estimate of drug-likeness (QED) is 0.615. The number of aryl methyl sites for hydroxylation is 1. The minimum absolute atomic E-state index is 0.577. The molecule has 0 saturated heterocycles. The summed E-state index contributed by atoms with van der Waals surface area (Å²) in [6.07, 6.45) is 1.71. The van der Waals surface area contributed by atoms with Crippen molar-refractivity contribution < 1.29 is 9.47 Å². The van der Waals surface area contributed by atoms with Crippen LogP contribution in [0.2, 0.25) is 0 Å². The molecule has 0 radical (unpaired) electrons. The Kier molecular flexibility index (Phi) is 5.58. The summed E-state index contributed by atoms with van der Waals surface area (Å²) in [6, 6.07) is 3.79. The number of ether oxygens (including phenoxy) is 2. The number of hydrogen-bond acceptors (Lipinski definition) is 6. The molecule has 0 fully saturated rings. The van der Waals surface area contributed by atoms with E-state index >= 15 is 0 Å². The van der Waals surface area contributed by atoms with Gasteiger partial charge in [0.2, 0.25) is 5.13 Å². The lowest BCUT2D eigenvalue weighted by Gasteiger charge is -2.11. The van der Waals surface area contributed by atoms with Crippen LogP contribution in [0.25, 0.3) is 0 Å². The number of hydrogen-bond donors (Lipinski definition) is 1. The van der Waals surface area contributed by atoms with Crippen LogP contribution in [0.5, 0.6) is 11.5 Å². The van der Waals surface area contributed by atoms with E-state index in [1.165, 1.54) is 11.3 Å². The molecular formula is C14H16BrN3O2S. The minimum Gasteiger partial charge on any atom is -0.493 e. The molecule has 0 saturated carbocycles. The molecule has 112 valence electrons. The van der Waals surface area contributed by atoms with Gasteiger partial charge < -0.3 is 9.47 Å². The average molecular weight is 370 g/mol. The third-order valence-corrected chi connectivity index (χ3v) is 3.99. The number of hydrazone groups is 1. The second-order valence-corrected chi connectivity index (χ2v) is 5.84. The zero-order chi connectivity index (χ0) is 15.2. The number of anilines is 1. The van der Waals surface area contributed by atoms with E-state index in [0.717, 1.165) is 20.9 Å². The molecular weight excluding hydrogens is 354 g/mol. The van der Waals surface area contributed by atoms with Gasteiger partial charge in [0.25, 0.3) is 0 Å². The fourth-order valence-corrected chi connectivity index (χ4v) is 2.88. The summed E-state index contributed by atoms with van der Waals surface area (Å²) in [6.45, 7) is 4.45. The van der Waals surface area contributed by atoms with Crippen LogP contribution < -0.4 is 14.9 Å². The monoisotopic (exact) mass is 369 g/mol. The van der Waals surface area contributed by atoms with Crippen molar-refractivity contribution in [3.63, 3.8) is 0 Å². The van der Waals surface area contributed by atoms with Crippen molar-refractivity contribution in [2.45, 2.75) is 13.8 Å². The standard InChI is InChI=1S/C14H16BrN3O2S/c1-4-20-13-11(15)5-10(6-12(13)19-3)7-16-18-14-17-9(2)8-21-14/h5-8H,4H2,1-3H3,(H,17,18)/b16-7-. The van der Waals surface area contributed by atoms with Gasteiger partial charge in [0.15, 0.2) is 11.5 Å². The second kappa shape index (κ2) is 7.42. The predicted octanol–water partition coefficient (Wildman–Crippen LogP) is 4.07. The zero-order valence-corrected chi connectivity index (χ0v) is 14.4. The molecule has 0 aliphatic heterocycles. The summed E-state index contributed by atoms with van der Waals surface area (Å²) in [4.78, 5) is 4.27. The lowest BCUT2D eigenvalue weighted by molar-refractivity contribution is 0.309. The molecule has 0 aliphatic carbocycles. The molecule has 2 aromatic rings. The highest BCUT2D eigenvalue weighted by molar-refractivity contribution is 9.10. The first-order valence-electron chi connectivity index (χ1n) is 6.35. The van der Waals surface area contributed by atoms with E-state index in [2.05, 4.69) is 31.4 Å². The summed E-state index contributed by atoms with van der Waals surface area (Å²) >= 11 is 5.00. The molecule has 5 nitrogen and oxygen atoms in total. The van der Waals surface area contributed by atoms with Gasteiger partial charge in [-0.3, -0.25) is 5.43 Å². The van der Waals surface area contributed by atoms with Gasteiger partial charge in [0, 0.05) is 5.38 Å². The van der Waals surface area contributed by atoms with Crippen molar-refractivity contribution in [1.82, 2.24) is 4.98 Å². The molecule has 1 aromatic carbocycles. The summed E-state index contributed by atoms with van der Waals surface area (Å²) in [5, 5.41) is 6.90. The second-order valence-electron chi connectivity index (χ2n) is 4.13. The van der Waals surface area contributed by atoms with Crippen molar-refractivity contribution in [2.75, 3.05) is 19.1 Å². The molecule has 0 bridgehead atoms. The van der Waals surface area contributed by atoms with Crippen LogP contribution >= 0.6 is 27.3 Å². The van der Waals surface area contributed by atoms with Crippen LogP contribution in [0.15, 0.2) is 27.1 Å². The maximum atomic E-state index is 5.55. The highest BCUT2D eigenvalue weighted by Gasteiger charge is 2.10. The number of nitrogens with zero attached hydrogens (tertiary/aromatic N) is 2. The first-order valence-corrected chi connectivity index (χ1v) is 8.02. The highest BCUT2D eigenvalue weighted by atomic mass is 79.9. The molecule has 0 spiro atoms. The SMILES string of the molecule is CCOc1c(Br)cc(/C=N\Nc2nc(C)cs2)cc1OC. The Hall–Kier alpha value is -1.60. The average Bonchev–Trinajstić information content (AvgIpc) is 2.87. The van der Waals surface area contributed by atoms with E-state index in [1.54, 1.807) is 13.3 Å². The Morgan fingerprint density at radius 2 is 2.29 bits per heavy atom. The molecule has 1 heterocycles. The summed E-state index contributed by atoms with van der Waals surface area (Å²) in [7, 11) is 1.61. The van der Waals surface area contributed by atoms with E-state index in [9.17, 15) is 0 Å². The summed E-state index contributed by atoms with van der Waals surface area (Å²) in [5.74, 6) is 1.36. The van der Waals surface area contributed by atoms with E-state index < -0.39 is 0 Å². The minimum atomic E-state index is 0.577. The van der Waals surface area contributed by atoms with E-state index in [4.69, 9.17) is 9.47 Å². The zero-order valence-electron chi connectivity index (χ0n) is 12.0. The fourth-order valence-electron chi connectivity index (χ4n) is 1.67. The molecule has 0 atom stereocenters. The van der Waals surface area contributed by atoms with Crippen LogP contribution in [-0.4, -0.2) is 24.9 Å². The number of thiazole rings is 1. The largest absolute Gasteiger partial charge is 0.493 e. The third kappa shape index (κ3) is 4.18. The van der Waals surface area contributed by atoms with Gasteiger partial charge in [-0.1, -0.05) is 0 Å². The Morgan fingerprint density at radius 1 is 1.48 bits per heavy atom. The van der Waals surface area contributed by atoms with Crippen LogP contribution in [0.1, 0.15) is 18.2 Å². The van der Waals surface area contributed by atoms with Gasteiger partial charge in [-0.15, -0.1) is 11.3 Å². The Labute approximate surface area is 136 Å². The topological polar surface area (TPSA) is 55.7 Å².